The van der Waals surface area contributed by atoms with Gasteiger partial charge >= 0.3 is 0 Å². The molecule has 0 unspecified atom stereocenters. The van der Waals surface area contributed by atoms with E-state index in [9.17, 15) is 15.0 Å². The molecule has 5 rings (SSSR count). The zero-order valence-corrected chi connectivity index (χ0v) is 22.6. The average Bonchev–Trinajstić information content (AvgIpc) is 3.35. The maximum atomic E-state index is 13.4. The van der Waals surface area contributed by atoms with Crippen LogP contribution in [0.3, 0.4) is 0 Å². The SMILES string of the molecule is COc1ccccc1CNC(=O)C[C@@H]1c2nc(-c3ccccc3)sc2C[C@@H]2[C@](C)(CO)[C@H](O)CC[C@]21C. The Hall–Kier alpha value is -2.74. The van der Waals surface area contributed by atoms with E-state index in [0.717, 1.165) is 45.3 Å². The fourth-order valence-corrected chi connectivity index (χ4v) is 7.82. The predicted octanol–water partition coefficient (Wildman–Crippen LogP) is 4.94. The Labute approximate surface area is 222 Å². The third-order valence-electron chi connectivity index (χ3n) is 8.97. The molecule has 0 aliphatic heterocycles. The van der Waals surface area contributed by atoms with Gasteiger partial charge < -0.3 is 20.3 Å². The summed E-state index contributed by atoms with van der Waals surface area (Å²) in [6.07, 6.45) is 1.89. The summed E-state index contributed by atoms with van der Waals surface area (Å²) in [5, 5.41) is 25.5. The summed E-state index contributed by atoms with van der Waals surface area (Å²) in [7, 11) is 1.63. The van der Waals surface area contributed by atoms with Gasteiger partial charge in [-0.15, -0.1) is 11.3 Å². The highest BCUT2D eigenvalue weighted by atomic mass is 32.1. The van der Waals surface area contributed by atoms with E-state index in [4.69, 9.17) is 9.72 Å². The topological polar surface area (TPSA) is 91.7 Å². The Kier molecular flexibility index (Phi) is 7.14. The molecule has 1 saturated carbocycles. The van der Waals surface area contributed by atoms with E-state index < -0.39 is 11.5 Å². The first-order valence-electron chi connectivity index (χ1n) is 13.0. The van der Waals surface area contributed by atoms with Crippen molar-refractivity contribution in [2.45, 2.75) is 58.1 Å². The van der Waals surface area contributed by atoms with Crippen molar-refractivity contribution in [3.63, 3.8) is 0 Å². The van der Waals surface area contributed by atoms with Gasteiger partial charge in [-0.3, -0.25) is 4.79 Å². The molecule has 2 aliphatic carbocycles. The van der Waals surface area contributed by atoms with Gasteiger partial charge in [0.15, 0.2) is 0 Å². The number of hydrogen-bond donors (Lipinski definition) is 3. The number of thiazole rings is 1. The van der Waals surface area contributed by atoms with E-state index >= 15 is 0 Å². The number of methoxy groups -OCH3 is 1. The zero-order chi connectivity index (χ0) is 26.2. The fourth-order valence-electron chi connectivity index (χ4n) is 6.65. The second-order valence-corrected chi connectivity index (χ2v) is 12.1. The molecule has 5 atom stereocenters. The molecule has 0 bridgehead atoms. The maximum absolute atomic E-state index is 13.4. The summed E-state index contributed by atoms with van der Waals surface area (Å²) in [6, 6.07) is 17.8. The molecule has 37 heavy (non-hydrogen) atoms. The first-order chi connectivity index (χ1) is 17.8. The molecule has 1 heterocycles. The number of carbonyl (C=O) groups excluding carboxylic acids is 1. The molecular formula is C30H36N2O4S. The highest BCUT2D eigenvalue weighted by Gasteiger charge is 2.59. The van der Waals surface area contributed by atoms with E-state index in [1.807, 2.05) is 49.4 Å². The monoisotopic (exact) mass is 520 g/mol. The molecule has 0 saturated heterocycles. The lowest BCUT2D eigenvalue weighted by Crippen LogP contribution is -2.57. The number of aliphatic hydroxyl groups excluding tert-OH is 2. The number of rotatable bonds is 7. The van der Waals surface area contributed by atoms with Crippen molar-refractivity contribution < 1.29 is 19.7 Å². The number of benzene rings is 2. The van der Waals surface area contributed by atoms with Crippen LogP contribution in [0.1, 0.15) is 55.2 Å². The van der Waals surface area contributed by atoms with E-state index in [0.29, 0.717) is 19.4 Å². The Balaban J connectivity index is 1.48. The molecule has 2 aliphatic rings. The number of aromatic nitrogens is 1. The molecule has 1 aromatic heterocycles. The smallest absolute Gasteiger partial charge is 0.220 e. The summed E-state index contributed by atoms with van der Waals surface area (Å²) in [5.41, 5.74) is 2.10. The summed E-state index contributed by atoms with van der Waals surface area (Å²) < 4.78 is 5.44. The molecule has 6 nitrogen and oxygen atoms in total. The molecule has 7 heteroatoms. The first kappa shape index (κ1) is 25.9. The Morgan fingerprint density at radius 1 is 1.16 bits per heavy atom. The predicted molar refractivity (Wildman–Crippen MR) is 145 cm³/mol. The standard InChI is InChI=1S/C30H36N2O4S/c1-29-14-13-25(34)30(2,18-33)24(29)16-23-27(32-28(37-23)19-9-5-4-6-10-19)21(29)15-26(35)31-17-20-11-7-8-12-22(20)36-3/h4-12,21,24-25,33-34H,13-18H2,1-3H3,(H,31,35)/t21-,24+,25-,29+,30+/m1/s1. The van der Waals surface area contributed by atoms with Crippen LogP contribution in [0.5, 0.6) is 5.75 Å². The van der Waals surface area contributed by atoms with Crippen LogP contribution < -0.4 is 10.1 Å². The second kappa shape index (κ2) is 10.2. The number of para-hydroxylation sites is 1. The zero-order valence-electron chi connectivity index (χ0n) is 21.7. The van der Waals surface area contributed by atoms with Crippen molar-refractivity contribution in [2.75, 3.05) is 13.7 Å². The average molecular weight is 521 g/mol. The van der Waals surface area contributed by atoms with Gasteiger partial charge in [0, 0.05) is 40.3 Å². The van der Waals surface area contributed by atoms with Crippen molar-refractivity contribution >= 4 is 17.2 Å². The van der Waals surface area contributed by atoms with Crippen LogP contribution in [0.4, 0.5) is 0 Å². The normalized spacial score (nSPS) is 28.7. The summed E-state index contributed by atoms with van der Waals surface area (Å²) >= 11 is 1.68. The van der Waals surface area contributed by atoms with Gasteiger partial charge in [-0.1, -0.05) is 62.4 Å². The van der Waals surface area contributed by atoms with Crippen molar-refractivity contribution in [2.24, 2.45) is 16.7 Å². The maximum Gasteiger partial charge on any atom is 0.220 e. The minimum atomic E-state index is -0.631. The first-order valence-corrected chi connectivity index (χ1v) is 13.8. The van der Waals surface area contributed by atoms with E-state index in [1.165, 1.54) is 0 Å². The summed E-state index contributed by atoms with van der Waals surface area (Å²) in [6.45, 7) is 4.55. The Morgan fingerprint density at radius 3 is 2.62 bits per heavy atom. The second-order valence-electron chi connectivity index (χ2n) is 11.0. The minimum absolute atomic E-state index is 0.0326. The molecule has 1 amide bonds. The van der Waals surface area contributed by atoms with Crippen LogP contribution in [-0.2, 0) is 17.8 Å². The molecule has 3 aromatic rings. The number of aliphatic hydroxyl groups is 2. The lowest BCUT2D eigenvalue weighted by molar-refractivity contribution is -0.144. The molecule has 3 N–H and O–H groups in total. The largest absolute Gasteiger partial charge is 0.496 e. The summed E-state index contributed by atoms with van der Waals surface area (Å²) in [4.78, 5) is 19.7. The van der Waals surface area contributed by atoms with Gasteiger partial charge in [-0.05, 0) is 36.7 Å². The van der Waals surface area contributed by atoms with Crippen molar-refractivity contribution in [3.8, 4) is 16.3 Å². The number of fused-ring (bicyclic) bond motifs is 2. The Bertz CT molecular complexity index is 1260. The van der Waals surface area contributed by atoms with Crippen molar-refractivity contribution in [1.82, 2.24) is 10.3 Å². The molecule has 0 radical (unpaired) electrons. The molecule has 2 aromatic carbocycles. The van der Waals surface area contributed by atoms with E-state index in [1.54, 1.807) is 18.4 Å². The van der Waals surface area contributed by atoms with Crippen molar-refractivity contribution in [3.05, 3.63) is 70.7 Å². The number of nitrogens with one attached hydrogen (secondary N) is 1. The number of ether oxygens (including phenoxy) is 1. The van der Waals surface area contributed by atoms with Crippen LogP contribution in [-0.4, -0.2) is 40.9 Å². The van der Waals surface area contributed by atoms with Gasteiger partial charge in [0.25, 0.3) is 0 Å². The Morgan fingerprint density at radius 2 is 1.89 bits per heavy atom. The van der Waals surface area contributed by atoms with Gasteiger partial charge in [0.05, 0.1) is 25.5 Å². The molecular weight excluding hydrogens is 484 g/mol. The number of amides is 1. The number of carbonyl (C=O) groups is 1. The summed E-state index contributed by atoms with van der Waals surface area (Å²) in [5.74, 6) is 0.653. The highest BCUT2D eigenvalue weighted by Crippen LogP contribution is 2.62. The minimum Gasteiger partial charge on any atom is -0.496 e. The van der Waals surface area contributed by atoms with Crippen LogP contribution in [0, 0.1) is 16.7 Å². The third kappa shape index (κ3) is 4.58. The van der Waals surface area contributed by atoms with E-state index in [2.05, 4.69) is 24.4 Å². The number of nitrogens with zero attached hydrogens (tertiary/aromatic N) is 1. The lowest BCUT2D eigenvalue weighted by atomic mass is 9.47. The lowest BCUT2D eigenvalue weighted by Gasteiger charge is -2.58. The van der Waals surface area contributed by atoms with Gasteiger partial charge in [-0.2, -0.15) is 0 Å². The third-order valence-corrected chi connectivity index (χ3v) is 10.1. The molecule has 0 spiro atoms. The van der Waals surface area contributed by atoms with Crippen LogP contribution in [0.15, 0.2) is 54.6 Å². The van der Waals surface area contributed by atoms with Gasteiger partial charge in [-0.25, -0.2) is 4.98 Å². The van der Waals surface area contributed by atoms with E-state index in [-0.39, 0.29) is 29.8 Å². The van der Waals surface area contributed by atoms with Crippen LogP contribution >= 0.6 is 11.3 Å². The number of hydrogen-bond acceptors (Lipinski definition) is 6. The quantitative estimate of drug-likeness (QED) is 0.410. The van der Waals surface area contributed by atoms with Crippen LogP contribution in [0.2, 0.25) is 0 Å². The molecule has 196 valence electrons. The van der Waals surface area contributed by atoms with Crippen LogP contribution in [0.25, 0.3) is 10.6 Å². The highest BCUT2D eigenvalue weighted by molar-refractivity contribution is 7.15. The van der Waals surface area contributed by atoms with Gasteiger partial charge in [0.1, 0.15) is 10.8 Å². The van der Waals surface area contributed by atoms with Gasteiger partial charge in [0.2, 0.25) is 5.91 Å². The fraction of sp³-hybridized carbons (Fsp3) is 0.467. The molecule has 1 fully saturated rings. The van der Waals surface area contributed by atoms with Crippen molar-refractivity contribution in [1.29, 1.82) is 0 Å².